The maximum Gasteiger partial charge on any atom is 0.132 e. The zero-order valence-corrected chi connectivity index (χ0v) is 14.9. The number of carbonyl (C=O) groups excluding carboxylic acids is 1. The molecule has 0 saturated carbocycles. The lowest BCUT2D eigenvalue weighted by Gasteiger charge is -1.96. The van der Waals surface area contributed by atoms with Crippen molar-refractivity contribution in [3.8, 4) is 0 Å². The summed E-state index contributed by atoms with van der Waals surface area (Å²) in [5.74, 6) is 0.441. The quantitative estimate of drug-likeness (QED) is 0.333. The molecule has 0 aromatic carbocycles. The van der Waals surface area contributed by atoms with Crippen molar-refractivity contribution in [3.63, 3.8) is 0 Å². The van der Waals surface area contributed by atoms with E-state index in [1.807, 2.05) is 19.9 Å². The van der Waals surface area contributed by atoms with Crippen LogP contribution in [0.2, 0.25) is 0 Å². The van der Waals surface area contributed by atoms with Crippen molar-refractivity contribution in [2.45, 2.75) is 92.9 Å². The molecule has 0 aromatic heterocycles. The van der Waals surface area contributed by atoms with Gasteiger partial charge >= 0.3 is 0 Å². The summed E-state index contributed by atoms with van der Waals surface area (Å²) in [6, 6.07) is 0. The van der Waals surface area contributed by atoms with Crippen LogP contribution in [-0.2, 0) is 4.79 Å². The lowest BCUT2D eigenvalue weighted by molar-refractivity contribution is -0.119. The molecule has 0 aromatic rings. The van der Waals surface area contributed by atoms with E-state index in [2.05, 4.69) is 40.3 Å². The van der Waals surface area contributed by atoms with Gasteiger partial charge in [-0.05, 0) is 25.7 Å². The average molecular weight is 283 g/mol. The van der Waals surface area contributed by atoms with E-state index >= 15 is 0 Å². The lowest BCUT2D eigenvalue weighted by Crippen LogP contribution is -1.95. The number of hydrogen-bond acceptors (Lipinski definition) is 1. The van der Waals surface area contributed by atoms with Crippen LogP contribution >= 0.6 is 0 Å². The normalized spacial score (nSPS) is 9.80. The van der Waals surface area contributed by atoms with Crippen molar-refractivity contribution in [1.82, 2.24) is 0 Å². The minimum atomic E-state index is 0.441. The second-order valence-electron chi connectivity index (χ2n) is 4.49. The molecule has 0 N–H and O–H groups in total. The Balaban J connectivity index is -0.000000262. The first-order valence-corrected chi connectivity index (χ1v) is 8.49. The number of hydrogen-bond donors (Lipinski definition) is 0. The van der Waals surface area contributed by atoms with Crippen LogP contribution in [0, 0.1) is 0 Å². The Bertz CT molecular complexity index is 226. The van der Waals surface area contributed by atoms with E-state index in [9.17, 15) is 4.79 Å². The summed E-state index contributed by atoms with van der Waals surface area (Å²) >= 11 is 0. The zero-order valence-electron chi connectivity index (χ0n) is 14.9. The van der Waals surface area contributed by atoms with Gasteiger partial charge in [0.05, 0.1) is 0 Å². The molecule has 120 valence electrons. The van der Waals surface area contributed by atoms with E-state index in [1.54, 1.807) is 0 Å². The van der Waals surface area contributed by atoms with Crippen molar-refractivity contribution < 1.29 is 4.79 Å². The van der Waals surface area contributed by atoms with Crippen LogP contribution < -0.4 is 0 Å². The molecule has 0 fully saturated rings. The van der Waals surface area contributed by atoms with Gasteiger partial charge in [0.2, 0.25) is 0 Å². The van der Waals surface area contributed by atoms with Gasteiger partial charge in [-0.3, -0.25) is 4.79 Å². The van der Waals surface area contributed by atoms with Crippen molar-refractivity contribution in [3.05, 3.63) is 24.3 Å². The maximum atomic E-state index is 10.9. The fraction of sp³-hybridized carbons (Fsp3) is 0.737. The van der Waals surface area contributed by atoms with Gasteiger partial charge in [0, 0.05) is 12.8 Å². The molecule has 0 aliphatic rings. The number of Topliss-reactive ketones (excluding diaryl/α,β-unsaturated/α-hetero) is 1. The van der Waals surface area contributed by atoms with Gasteiger partial charge in [-0.1, -0.05) is 78.7 Å². The Labute approximate surface area is 128 Å². The van der Waals surface area contributed by atoms with E-state index in [0.717, 1.165) is 38.5 Å². The smallest absolute Gasteiger partial charge is 0.132 e. The highest BCUT2D eigenvalue weighted by atomic mass is 16.1. The second kappa shape index (κ2) is 23.3. The van der Waals surface area contributed by atoms with Gasteiger partial charge in [-0.15, -0.1) is 0 Å². The van der Waals surface area contributed by atoms with E-state index in [4.69, 9.17) is 0 Å². The van der Waals surface area contributed by atoms with Crippen LogP contribution in [0.3, 0.4) is 0 Å². The molecular formula is C19H38O. The Kier molecular flexibility index (Phi) is 28.1. The predicted octanol–water partition coefficient (Wildman–Crippen LogP) is 6.88. The van der Waals surface area contributed by atoms with Crippen molar-refractivity contribution >= 4 is 5.78 Å². The summed E-state index contributed by atoms with van der Waals surface area (Å²) in [7, 11) is 0. The number of unbranched alkanes of at least 4 members (excludes halogenated alkanes) is 2. The highest BCUT2D eigenvalue weighted by Crippen LogP contribution is 2.02. The number of carbonyl (C=O) groups is 1. The van der Waals surface area contributed by atoms with Gasteiger partial charge < -0.3 is 0 Å². The van der Waals surface area contributed by atoms with Gasteiger partial charge in [-0.2, -0.15) is 0 Å². The van der Waals surface area contributed by atoms with E-state index in [1.165, 1.54) is 18.4 Å². The molecule has 0 amide bonds. The van der Waals surface area contributed by atoms with Gasteiger partial charge in [0.25, 0.3) is 0 Å². The fourth-order valence-electron chi connectivity index (χ4n) is 1.61. The molecule has 0 bridgehead atoms. The van der Waals surface area contributed by atoms with E-state index in [-0.39, 0.29) is 0 Å². The highest BCUT2D eigenvalue weighted by Gasteiger charge is 1.97. The molecule has 0 rings (SSSR count). The molecule has 0 spiro atoms. The summed E-state index contributed by atoms with van der Waals surface area (Å²) in [5.41, 5.74) is 1.35. The Morgan fingerprint density at radius 2 is 1.55 bits per heavy atom. The molecule has 0 radical (unpaired) electrons. The van der Waals surface area contributed by atoms with E-state index < -0.39 is 0 Å². The van der Waals surface area contributed by atoms with Crippen LogP contribution in [0.5, 0.6) is 0 Å². The molecule has 0 heterocycles. The summed E-state index contributed by atoms with van der Waals surface area (Å²) in [6.45, 7) is 16.2. The topological polar surface area (TPSA) is 17.1 Å². The zero-order chi connectivity index (χ0) is 16.2. The summed E-state index contributed by atoms with van der Waals surface area (Å²) in [4.78, 5) is 10.9. The van der Waals surface area contributed by atoms with Gasteiger partial charge in [0.15, 0.2) is 0 Å². The molecular weight excluding hydrogens is 244 g/mol. The Morgan fingerprint density at radius 1 is 0.950 bits per heavy atom. The van der Waals surface area contributed by atoms with Crippen LogP contribution in [0.25, 0.3) is 0 Å². The summed E-state index contributed by atoms with van der Waals surface area (Å²) in [6.07, 6.45) is 12.4. The number of allylic oxidation sites excluding steroid dienone is 3. The highest BCUT2D eigenvalue weighted by molar-refractivity contribution is 5.78. The molecule has 0 saturated heterocycles. The minimum Gasteiger partial charge on any atom is -0.300 e. The van der Waals surface area contributed by atoms with Crippen molar-refractivity contribution in [2.75, 3.05) is 0 Å². The number of ketones is 1. The first kappa shape index (κ1) is 24.2. The molecule has 0 atom stereocenters. The first-order valence-electron chi connectivity index (χ1n) is 8.49. The minimum absolute atomic E-state index is 0.441. The van der Waals surface area contributed by atoms with Crippen LogP contribution in [0.4, 0.5) is 0 Å². The first-order chi connectivity index (χ1) is 9.65. The summed E-state index contributed by atoms with van der Waals surface area (Å²) in [5, 5.41) is 0. The van der Waals surface area contributed by atoms with Crippen LogP contribution in [0.1, 0.15) is 92.9 Å². The average Bonchev–Trinajstić information content (AvgIpc) is 2.48. The van der Waals surface area contributed by atoms with Crippen LogP contribution in [0.15, 0.2) is 24.3 Å². The number of rotatable bonds is 9. The molecule has 1 heteroatoms. The van der Waals surface area contributed by atoms with Gasteiger partial charge in [-0.25, -0.2) is 0 Å². The van der Waals surface area contributed by atoms with Crippen LogP contribution in [-0.4, -0.2) is 5.78 Å². The molecule has 0 aliphatic heterocycles. The third kappa shape index (κ3) is 22.3. The molecule has 0 unspecified atom stereocenters. The third-order valence-electron chi connectivity index (χ3n) is 2.72. The van der Waals surface area contributed by atoms with Crippen molar-refractivity contribution in [2.24, 2.45) is 0 Å². The van der Waals surface area contributed by atoms with E-state index in [0.29, 0.717) is 5.78 Å². The largest absolute Gasteiger partial charge is 0.300 e. The third-order valence-corrected chi connectivity index (χ3v) is 2.72. The second-order valence-corrected chi connectivity index (χ2v) is 4.49. The molecule has 1 nitrogen and oxygen atoms in total. The Hall–Kier alpha value is -0.850. The Morgan fingerprint density at radius 3 is 1.85 bits per heavy atom. The van der Waals surface area contributed by atoms with Crippen molar-refractivity contribution in [1.29, 1.82) is 0 Å². The summed E-state index contributed by atoms with van der Waals surface area (Å²) < 4.78 is 0. The van der Waals surface area contributed by atoms with Gasteiger partial charge in [0.1, 0.15) is 5.78 Å². The maximum absolute atomic E-state index is 10.9. The monoisotopic (exact) mass is 282 g/mol. The molecule has 20 heavy (non-hydrogen) atoms. The lowest BCUT2D eigenvalue weighted by atomic mass is 10.1. The molecule has 0 aliphatic carbocycles. The predicted molar refractivity (Wildman–Crippen MR) is 94.3 cm³/mol. The standard InChI is InChI=1S/C9H18O.C8H14.C2H6/c1-3-5-6-8-9(10)7-4-2;1-4-7-8(5-2)6-3;1-2/h3-8H2,1-2H3;5,7H,2,4,6H2,1,3H3;1-2H3/b;8-7+;. The SMILES string of the molecule is C=C/C(=C\CC)CC.CC.CCCCCC(=O)CCC. The fourth-order valence-corrected chi connectivity index (χ4v) is 1.61.